The molecule has 0 fully saturated rings. The molecule has 6 heteroatoms. The highest BCUT2D eigenvalue weighted by molar-refractivity contribution is 6.83. The van der Waals surface area contributed by atoms with E-state index in [1.54, 1.807) is 30.3 Å². The summed E-state index contributed by atoms with van der Waals surface area (Å²) >= 11 is 0. The highest BCUT2D eigenvalue weighted by Gasteiger charge is 2.38. The van der Waals surface area contributed by atoms with Gasteiger partial charge in [0.15, 0.2) is 0 Å². The lowest BCUT2D eigenvalue weighted by atomic mass is 9.64. The number of rotatable bonds is 5. The van der Waals surface area contributed by atoms with Gasteiger partial charge < -0.3 is 14.8 Å². The van der Waals surface area contributed by atoms with Gasteiger partial charge in [0.1, 0.15) is 11.6 Å². The van der Waals surface area contributed by atoms with E-state index < -0.39 is 43.6 Å². The molecule has 180 valence electrons. The molecule has 0 amide bonds. The molecule has 4 nitrogen and oxygen atoms in total. The largest absolute Gasteiger partial charge is 0.480 e. The number of anilines is 3. The molecule has 37 heavy (non-hydrogen) atoms. The number of methoxy groups -OCH3 is 1. The summed E-state index contributed by atoms with van der Waals surface area (Å²) in [5, 5.41) is 3.52. The van der Waals surface area contributed by atoms with Gasteiger partial charge in [-0.1, -0.05) is 78.8 Å². The number of nitrogens with one attached hydrogen (secondary N) is 1. The molecule has 0 aliphatic carbocycles. The summed E-state index contributed by atoms with van der Waals surface area (Å²) in [6.07, 6.45) is 0. The predicted octanol–water partition coefficient (Wildman–Crippen LogP) is 6.83. The minimum atomic E-state index is -2.84. The maximum atomic E-state index is 15.0. The zero-order valence-corrected chi connectivity index (χ0v) is 19.8. The van der Waals surface area contributed by atoms with Crippen LogP contribution in [-0.4, -0.2) is 19.1 Å². The second kappa shape index (κ2) is 9.47. The maximum Gasteiger partial charge on any atom is 0.415 e. The van der Waals surface area contributed by atoms with Gasteiger partial charge in [0, 0.05) is 20.9 Å². The molecule has 0 bridgehead atoms. The van der Waals surface area contributed by atoms with E-state index in [0.29, 0.717) is 16.9 Å². The number of ether oxygens (including phenoxy) is 1. The molecule has 5 aromatic rings. The van der Waals surface area contributed by atoms with Gasteiger partial charge >= 0.3 is 6.98 Å². The number of halogens is 1. The fraction of sp³-hybridized carbons (Fsp3) is 0.0645. The van der Waals surface area contributed by atoms with Gasteiger partial charge in [-0.3, -0.25) is 0 Å². The van der Waals surface area contributed by atoms with Crippen molar-refractivity contribution in [1.82, 2.24) is 4.98 Å². The van der Waals surface area contributed by atoms with Crippen LogP contribution >= 0.6 is 0 Å². The van der Waals surface area contributed by atoms with E-state index in [1.807, 2.05) is 53.3 Å². The second-order valence-electron chi connectivity index (χ2n) is 8.48. The predicted molar refractivity (Wildman–Crippen MR) is 150 cm³/mol. The number of benzene rings is 4. The van der Waals surface area contributed by atoms with Crippen molar-refractivity contribution in [2.24, 2.45) is 0 Å². The standard InChI is InChI=1S/C31H25BFN3O/c1-21-11-3-4-12-22(21)25-19-20-30(34-31(25)37-2)36-29-18-10-9-17-28(29)35-32(36)26-15-7-5-13-23(26)24-14-6-8-16-27(24)33/h3-20,35H,1-2H3/i1D3,3D,4D,11D,12D. The van der Waals surface area contributed by atoms with Crippen LogP contribution in [0.25, 0.3) is 22.3 Å². The summed E-state index contributed by atoms with van der Waals surface area (Å²) in [4.78, 5) is 6.67. The lowest BCUT2D eigenvalue weighted by molar-refractivity contribution is 0.400. The lowest BCUT2D eigenvalue weighted by Crippen LogP contribution is -2.49. The molecule has 0 radical (unpaired) electrons. The molecule has 1 aliphatic rings. The summed E-state index contributed by atoms with van der Waals surface area (Å²) in [7, 11) is 1.36. The third-order valence-corrected chi connectivity index (χ3v) is 6.38. The van der Waals surface area contributed by atoms with Crippen molar-refractivity contribution in [3.05, 3.63) is 120 Å². The SMILES string of the molecule is [2H]c1c([2H])c([2H])c(C([2H])([2H])[2H])c(-c2ccc(N3B(c4ccccc4-c4ccccc4F)Nc4ccccc43)nc2OC)c1[2H]. The Morgan fingerprint density at radius 2 is 1.62 bits per heavy atom. The fourth-order valence-corrected chi connectivity index (χ4v) is 4.71. The third kappa shape index (κ3) is 4.00. The summed E-state index contributed by atoms with van der Waals surface area (Å²) in [6, 6.07) is 22.5. The van der Waals surface area contributed by atoms with Crippen LogP contribution in [0, 0.1) is 12.7 Å². The zero-order valence-electron chi connectivity index (χ0n) is 26.8. The monoisotopic (exact) mass is 492 g/mol. The molecule has 0 saturated carbocycles. The van der Waals surface area contributed by atoms with Crippen molar-refractivity contribution < 1.29 is 18.7 Å². The Labute approximate surface area is 226 Å². The van der Waals surface area contributed by atoms with E-state index >= 15 is 4.39 Å². The summed E-state index contributed by atoms with van der Waals surface area (Å²) in [5.74, 6) is 0.0276. The normalized spacial score (nSPS) is 15.4. The van der Waals surface area contributed by atoms with Crippen molar-refractivity contribution in [2.45, 2.75) is 6.85 Å². The van der Waals surface area contributed by atoms with Crippen molar-refractivity contribution in [1.29, 1.82) is 0 Å². The number of aromatic nitrogens is 1. The van der Waals surface area contributed by atoms with E-state index in [2.05, 4.69) is 5.23 Å². The minimum absolute atomic E-state index is 0.0245. The molecule has 0 spiro atoms. The smallest absolute Gasteiger partial charge is 0.415 e. The first-order chi connectivity index (χ1) is 21.0. The summed E-state index contributed by atoms with van der Waals surface area (Å²) in [6.45, 7) is -3.37. The lowest BCUT2D eigenvalue weighted by Gasteiger charge is -2.26. The summed E-state index contributed by atoms with van der Waals surface area (Å²) < 4.78 is 78.0. The summed E-state index contributed by atoms with van der Waals surface area (Å²) in [5.41, 5.74) is 2.90. The minimum Gasteiger partial charge on any atom is -0.480 e. The van der Waals surface area contributed by atoms with Crippen molar-refractivity contribution in [2.75, 3.05) is 17.1 Å². The van der Waals surface area contributed by atoms with Gasteiger partial charge in [0.2, 0.25) is 5.88 Å². The topological polar surface area (TPSA) is 37.4 Å². The van der Waals surface area contributed by atoms with Crippen LogP contribution in [0.2, 0.25) is 0 Å². The first-order valence-corrected chi connectivity index (χ1v) is 11.7. The molecule has 1 aromatic heterocycles. The number of fused-ring (bicyclic) bond motifs is 1. The number of para-hydroxylation sites is 2. The highest BCUT2D eigenvalue weighted by atomic mass is 19.1. The van der Waals surface area contributed by atoms with Crippen molar-refractivity contribution >= 4 is 29.6 Å². The van der Waals surface area contributed by atoms with Gasteiger partial charge in [-0.2, -0.15) is 4.98 Å². The van der Waals surface area contributed by atoms with Crippen molar-refractivity contribution in [3.8, 4) is 28.1 Å². The van der Waals surface area contributed by atoms with Crippen molar-refractivity contribution in [3.63, 3.8) is 0 Å². The second-order valence-corrected chi connectivity index (χ2v) is 8.48. The highest BCUT2D eigenvalue weighted by Crippen LogP contribution is 2.41. The van der Waals surface area contributed by atoms with Crippen LogP contribution in [0.4, 0.5) is 21.6 Å². The number of hydrogen-bond acceptors (Lipinski definition) is 4. The molecule has 2 heterocycles. The fourth-order valence-electron chi connectivity index (χ4n) is 4.71. The third-order valence-electron chi connectivity index (χ3n) is 6.38. The molecule has 1 N–H and O–H groups in total. The van der Waals surface area contributed by atoms with E-state index in [1.165, 1.54) is 13.2 Å². The Bertz CT molecular complexity index is 1920. The Kier molecular flexibility index (Phi) is 4.15. The Morgan fingerprint density at radius 3 is 2.46 bits per heavy atom. The van der Waals surface area contributed by atoms with E-state index in [-0.39, 0.29) is 22.8 Å². The van der Waals surface area contributed by atoms with Gasteiger partial charge in [0.25, 0.3) is 0 Å². The van der Waals surface area contributed by atoms with Crippen LogP contribution in [0.1, 0.15) is 15.2 Å². The number of hydrogen-bond donors (Lipinski definition) is 1. The van der Waals surface area contributed by atoms with Crippen LogP contribution in [0.15, 0.2) is 109 Å². The van der Waals surface area contributed by atoms with Crippen LogP contribution in [-0.2, 0) is 0 Å². The number of nitrogens with zero attached hydrogens (tertiary/aromatic N) is 2. The molecule has 0 saturated heterocycles. The molecule has 1 aliphatic heterocycles. The van der Waals surface area contributed by atoms with Crippen LogP contribution in [0.3, 0.4) is 0 Å². The van der Waals surface area contributed by atoms with E-state index in [0.717, 1.165) is 16.8 Å². The first kappa shape index (κ1) is 16.2. The van der Waals surface area contributed by atoms with Gasteiger partial charge in [-0.25, -0.2) is 4.39 Å². The molecule has 0 atom stereocenters. The average molecular weight is 492 g/mol. The maximum absolute atomic E-state index is 15.0. The van der Waals surface area contributed by atoms with E-state index in [9.17, 15) is 0 Å². The molecular formula is C31H25BFN3O. The molecular weight excluding hydrogens is 460 g/mol. The Balaban J connectivity index is 1.55. The van der Waals surface area contributed by atoms with Gasteiger partial charge in [-0.15, -0.1) is 0 Å². The Morgan fingerprint density at radius 1 is 0.865 bits per heavy atom. The van der Waals surface area contributed by atoms with Crippen LogP contribution < -0.4 is 20.2 Å². The zero-order chi connectivity index (χ0) is 31.3. The number of pyridine rings is 1. The first-order valence-electron chi connectivity index (χ1n) is 15.2. The molecule has 0 unspecified atom stereocenters. The molecule has 4 aromatic carbocycles. The van der Waals surface area contributed by atoms with Gasteiger partial charge in [0.05, 0.1) is 18.3 Å². The quantitative estimate of drug-likeness (QED) is 0.273. The van der Waals surface area contributed by atoms with Gasteiger partial charge in [-0.05, 0) is 59.3 Å². The average Bonchev–Trinajstić information content (AvgIpc) is 3.40. The van der Waals surface area contributed by atoms with Crippen LogP contribution in [0.5, 0.6) is 5.88 Å². The van der Waals surface area contributed by atoms with E-state index in [4.69, 9.17) is 19.3 Å². The molecule has 6 rings (SSSR count). The Hall–Kier alpha value is -4.58.